The molecule has 38 heavy (non-hydrogen) atoms. The smallest absolute Gasteiger partial charge is 0.247 e. The molecule has 0 aliphatic carbocycles. The van der Waals surface area contributed by atoms with Gasteiger partial charge >= 0.3 is 0 Å². The van der Waals surface area contributed by atoms with Gasteiger partial charge < -0.3 is 15.2 Å². The number of carbonyl (C=O) groups is 1. The molecule has 0 spiro atoms. The summed E-state index contributed by atoms with van der Waals surface area (Å²) in [6.45, 7) is 14.4. The minimum atomic E-state index is -0.810. The number of ether oxygens (including phenoxy) is 1. The fourth-order valence-electron chi connectivity index (χ4n) is 4.00. The SMILES string of the molecule is C=C(/C=C(C)/C(=C\CC)c1cc(F)cc(F)c1OC)c1cc(F)cc(/C=C(\C)C(=O)NC(C)(C)CO)c1C. The van der Waals surface area contributed by atoms with Crippen molar-refractivity contribution in [2.75, 3.05) is 13.7 Å². The molecule has 0 unspecified atom stereocenters. The van der Waals surface area contributed by atoms with Crippen LogP contribution in [-0.2, 0) is 4.79 Å². The first-order chi connectivity index (χ1) is 17.7. The summed E-state index contributed by atoms with van der Waals surface area (Å²) < 4.78 is 48.4. The first-order valence-corrected chi connectivity index (χ1v) is 12.3. The lowest BCUT2D eigenvalue weighted by atomic mass is 9.91. The number of methoxy groups -OCH3 is 1. The summed E-state index contributed by atoms with van der Waals surface area (Å²) in [6, 6.07) is 4.67. The number of hydrogen-bond donors (Lipinski definition) is 2. The van der Waals surface area contributed by atoms with Crippen molar-refractivity contribution < 1.29 is 27.8 Å². The van der Waals surface area contributed by atoms with E-state index in [0.29, 0.717) is 45.4 Å². The number of amides is 1. The molecule has 2 aromatic carbocycles. The highest BCUT2D eigenvalue weighted by Crippen LogP contribution is 2.36. The molecule has 0 atom stereocenters. The Balaban J connectivity index is 2.53. The van der Waals surface area contributed by atoms with E-state index in [4.69, 9.17) is 4.74 Å². The van der Waals surface area contributed by atoms with Crippen LogP contribution in [0.4, 0.5) is 13.2 Å². The highest BCUT2D eigenvalue weighted by molar-refractivity contribution is 5.98. The molecular formula is C31H36F3NO3. The molecule has 0 heterocycles. The van der Waals surface area contributed by atoms with Crippen LogP contribution in [0.3, 0.4) is 0 Å². The first kappa shape index (κ1) is 30.6. The largest absolute Gasteiger partial charge is 0.493 e. The Kier molecular flexibility index (Phi) is 10.3. The maximum absolute atomic E-state index is 14.7. The Hall–Kier alpha value is -3.58. The van der Waals surface area contributed by atoms with Crippen LogP contribution in [0.5, 0.6) is 5.75 Å². The molecule has 0 aliphatic heterocycles. The zero-order chi connectivity index (χ0) is 28.8. The molecule has 0 aliphatic rings. The number of aliphatic hydroxyl groups is 1. The van der Waals surface area contributed by atoms with E-state index in [1.165, 1.54) is 25.3 Å². The van der Waals surface area contributed by atoms with Gasteiger partial charge in [0.05, 0.1) is 19.3 Å². The maximum Gasteiger partial charge on any atom is 0.247 e. The second-order valence-electron chi connectivity index (χ2n) is 9.84. The molecule has 0 bridgehead atoms. The number of nitrogens with one attached hydrogen (secondary N) is 1. The third-order valence-corrected chi connectivity index (χ3v) is 6.06. The lowest BCUT2D eigenvalue weighted by Crippen LogP contribution is -2.46. The summed E-state index contributed by atoms with van der Waals surface area (Å²) in [5, 5.41) is 12.2. The van der Waals surface area contributed by atoms with E-state index in [0.717, 1.165) is 6.07 Å². The second kappa shape index (κ2) is 12.8. The molecule has 0 radical (unpaired) electrons. The van der Waals surface area contributed by atoms with Crippen LogP contribution < -0.4 is 10.1 Å². The minimum Gasteiger partial charge on any atom is -0.493 e. The zero-order valence-corrected chi connectivity index (χ0v) is 23.1. The first-order valence-electron chi connectivity index (χ1n) is 12.3. The van der Waals surface area contributed by atoms with Crippen molar-refractivity contribution in [1.29, 1.82) is 0 Å². The summed E-state index contributed by atoms with van der Waals surface area (Å²) in [6.07, 6.45) is 5.73. The Labute approximate surface area is 223 Å². The minimum absolute atomic E-state index is 0.0723. The van der Waals surface area contributed by atoms with Crippen molar-refractivity contribution in [2.45, 2.75) is 53.5 Å². The van der Waals surface area contributed by atoms with Gasteiger partial charge in [-0.2, -0.15) is 0 Å². The number of benzene rings is 2. The van der Waals surface area contributed by atoms with E-state index in [9.17, 15) is 23.1 Å². The van der Waals surface area contributed by atoms with Crippen molar-refractivity contribution in [2.24, 2.45) is 0 Å². The van der Waals surface area contributed by atoms with E-state index >= 15 is 0 Å². The number of aliphatic hydroxyl groups excluding tert-OH is 1. The van der Waals surface area contributed by atoms with Crippen molar-refractivity contribution in [3.05, 3.63) is 93.8 Å². The van der Waals surface area contributed by atoms with Gasteiger partial charge in [0.1, 0.15) is 11.6 Å². The normalized spacial score (nSPS) is 13.0. The zero-order valence-electron chi connectivity index (χ0n) is 23.1. The predicted octanol–water partition coefficient (Wildman–Crippen LogP) is 7.16. The van der Waals surface area contributed by atoms with Gasteiger partial charge in [-0.1, -0.05) is 25.7 Å². The maximum atomic E-state index is 14.7. The average Bonchev–Trinajstić information content (AvgIpc) is 2.83. The third kappa shape index (κ3) is 7.48. The standard InChI is InChI=1S/C31H36F3NO3/c1-9-10-25(27-15-24(33)16-28(34)29(27)38-8)18(2)11-19(3)26-14-23(32)13-22(21(26)5)12-20(4)30(37)35-31(6,7)17-36/h10-16,36H,3,9,17H2,1-2,4-8H3,(H,35,37)/b18-11+,20-12+,25-10+. The van der Waals surface area contributed by atoms with Crippen molar-refractivity contribution in [3.8, 4) is 5.75 Å². The molecule has 2 N–H and O–H groups in total. The quantitative estimate of drug-likeness (QED) is 0.255. The van der Waals surface area contributed by atoms with Crippen molar-refractivity contribution in [3.63, 3.8) is 0 Å². The van der Waals surface area contributed by atoms with Crippen molar-refractivity contribution in [1.82, 2.24) is 5.32 Å². The lowest BCUT2D eigenvalue weighted by molar-refractivity contribution is -0.119. The van der Waals surface area contributed by atoms with Gasteiger partial charge in [0.25, 0.3) is 0 Å². The average molecular weight is 528 g/mol. The van der Waals surface area contributed by atoms with Crippen LogP contribution in [0.2, 0.25) is 0 Å². The van der Waals surface area contributed by atoms with Crippen molar-refractivity contribution >= 4 is 23.1 Å². The van der Waals surface area contributed by atoms with Crippen LogP contribution in [0, 0.1) is 24.4 Å². The predicted molar refractivity (Wildman–Crippen MR) is 148 cm³/mol. The molecule has 204 valence electrons. The molecule has 0 fully saturated rings. The fraction of sp³-hybridized carbons (Fsp3) is 0.323. The van der Waals surface area contributed by atoms with E-state index in [1.807, 2.05) is 13.0 Å². The second-order valence-corrected chi connectivity index (χ2v) is 9.84. The Morgan fingerprint density at radius 2 is 1.68 bits per heavy atom. The summed E-state index contributed by atoms with van der Waals surface area (Å²) in [4.78, 5) is 12.6. The van der Waals surface area contributed by atoms with E-state index in [1.54, 1.807) is 46.8 Å². The van der Waals surface area contributed by atoms with Crippen LogP contribution in [0.15, 0.2) is 54.1 Å². The van der Waals surface area contributed by atoms with Gasteiger partial charge in [-0.25, -0.2) is 13.2 Å². The molecule has 1 amide bonds. The van der Waals surface area contributed by atoms with E-state index in [-0.39, 0.29) is 23.8 Å². The van der Waals surface area contributed by atoms with Gasteiger partial charge in [-0.3, -0.25) is 4.79 Å². The van der Waals surface area contributed by atoms with Crippen LogP contribution >= 0.6 is 0 Å². The summed E-state index contributed by atoms with van der Waals surface area (Å²) in [5.74, 6) is -2.50. The van der Waals surface area contributed by atoms with E-state index < -0.39 is 23.0 Å². The molecule has 7 heteroatoms. The highest BCUT2D eigenvalue weighted by atomic mass is 19.1. The molecule has 0 saturated carbocycles. The Morgan fingerprint density at radius 3 is 2.26 bits per heavy atom. The number of allylic oxidation sites excluding steroid dienone is 5. The number of rotatable bonds is 10. The molecule has 2 rings (SSSR count). The van der Waals surface area contributed by atoms with Crippen LogP contribution in [0.25, 0.3) is 17.2 Å². The van der Waals surface area contributed by atoms with Gasteiger partial charge in [0, 0.05) is 17.2 Å². The summed E-state index contributed by atoms with van der Waals surface area (Å²) in [7, 11) is 1.32. The number of carbonyl (C=O) groups excluding carboxylic acids is 1. The van der Waals surface area contributed by atoms with Gasteiger partial charge in [-0.05, 0) is 98.7 Å². The van der Waals surface area contributed by atoms with Crippen LogP contribution in [-0.4, -0.2) is 30.3 Å². The van der Waals surface area contributed by atoms with Gasteiger partial charge in [-0.15, -0.1) is 0 Å². The molecule has 0 saturated heterocycles. The summed E-state index contributed by atoms with van der Waals surface area (Å²) in [5.41, 5.74) is 3.23. The molecule has 0 aromatic heterocycles. The molecule has 4 nitrogen and oxygen atoms in total. The third-order valence-electron chi connectivity index (χ3n) is 6.06. The molecule has 2 aromatic rings. The fourth-order valence-corrected chi connectivity index (χ4v) is 4.00. The van der Waals surface area contributed by atoms with Crippen LogP contribution in [0.1, 0.15) is 63.3 Å². The Bertz CT molecular complexity index is 1320. The van der Waals surface area contributed by atoms with Gasteiger partial charge in [0.2, 0.25) is 5.91 Å². The number of halogens is 3. The monoisotopic (exact) mass is 527 g/mol. The Morgan fingerprint density at radius 1 is 1.08 bits per heavy atom. The molecular weight excluding hydrogens is 491 g/mol. The lowest BCUT2D eigenvalue weighted by Gasteiger charge is -2.23. The topological polar surface area (TPSA) is 58.6 Å². The summed E-state index contributed by atoms with van der Waals surface area (Å²) >= 11 is 0. The number of hydrogen-bond acceptors (Lipinski definition) is 3. The van der Waals surface area contributed by atoms with Gasteiger partial charge in [0.15, 0.2) is 11.6 Å². The highest BCUT2D eigenvalue weighted by Gasteiger charge is 2.20. The van der Waals surface area contributed by atoms with E-state index in [2.05, 4.69) is 11.9 Å².